The number of hydrogen-bond donors (Lipinski definition) is 0. The first-order valence-electron chi connectivity index (χ1n) is 8.20. The first kappa shape index (κ1) is 16.0. The van der Waals surface area contributed by atoms with Gasteiger partial charge in [0.15, 0.2) is 0 Å². The third kappa shape index (κ3) is 3.39. The molecule has 0 N–H and O–H groups in total. The number of amides is 2. The van der Waals surface area contributed by atoms with Crippen LogP contribution in [0.3, 0.4) is 0 Å². The van der Waals surface area contributed by atoms with Gasteiger partial charge in [-0.15, -0.1) is 0 Å². The summed E-state index contributed by atoms with van der Waals surface area (Å²) in [6.45, 7) is 7.50. The molecule has 1 saturated heterocycles. The molecule has 0 spiro atoms. The van der Waals surface area contributed by atoms with E-state index >= 15 is 0 Å². The number of carbonyl (C=O) groups is 2. The summed E-state index contributed by atoms with van der Waals surface area (Å²) in [4.78, 5) is 28.2. The Bertz CT molecular complexity index is 621. The maximum absolute atomic E-state index is 12.6. The fraction of sp³-hybridized carbons (Fsp3) is 0.556. The molecular weight excluding hydrogens is 292 g/mol. The maximum Gasteiger partial charge on any atom is 0.417 e. The predicted molar refractivity (Wildman–Crippen MR) is 86.9 cm³/mol. The van der Waals surface area contributed by atoms with Gasteiger partial charge in [0, 0.05) is 19.6 Å². The molecule has 5 heteroatoms. The van der Waals surface area contributed by atoms with Crippen molar-refractivity contribution in [1.29, 1.82) is 0 Å². The highest BCUT2D eigenvalue weighted by atomic mass is 16.6. The molecule has 1 unspecified atom stereocenters. The average Bonchev–Trinajstić information content (AvgIpc) is 2.87. The van der Waals surface area contributed by atoms with Crippen LogP contribution in [0.2, 0.25) is 0 Å². The van der Waals surface area contributed by atoms with Crippen molar-refractivity contribution in [2.75, 3.05) is 13.1 Å². The monoisotopic (exact) mass is 316 g/mol. The summed E-state index contributed by atoms with van der Waals surface area (Å²) < 4.78 is 5.33. The van der Waals surface area contributed by atoms with E-state index in [4.69, 9.17) is 4.74 Å². The molecule has 124 valence electrons. The van der Waals surface area contributed by atoms with E-state index in [-0.39, 0.29) is 11.9 Å². The lowest BCUT2D eigenvalue weighted by atomic mass is 9.98. The summed E-state index contributed by atoms with van der Waals surface area (Å²) >= 11 is 0. The second-order valence-electron chi connectivity index (χ2n) is 7.26. The van der Waals surface area contributed by atoms with Crippen LogP contribution in [-0.4, -0.2) is 46.5 Å². The number of carbonyl (C=O) groups excluding carboxylic acids is 2. The van der Waals surface area contributed by atoms with Gasteiger partial charge in [-0.25, -0.2) is 9.69 Å². The molecule has 3 rings (SSSR count). The van der Waals surface area contributed by atoms with Crippen LogP contribution in [0, 0.1) is 0 Å². The zero-order chi connectivity index (χ0) is 16.6. The van der Waals surface area contributed by atoms with E-state index < -0.39 is 11.7 Å². The van der Waals surface area contributed by atoms with E-state index in [9.17, 15) is 9.59 Å². The van der Waals surface area contributed by atoms with E-state index in [2.05, 4.69) is 23.1 Å². The minimum Gasteiger partial charge on any atom is -0.443 e. The molecule has 1 aromatic carbocycles. The number of ether oxygens (including phenoxy) is 1. The number of imide groups is 1. The summed E-state index contributed by atoms with van der Waals surface area (Å²) in [6.07, 6.45) is 1.11. The van der Waals surface area contributed by atoms with Crippen molar-refractivity contribution in [3.63, 3.8) is 0 Å². The normalized spacial score (nSPS) is 22.1. The minimum atomic E-state index is -0.584. The van der Waals surface area contributed by atoms with Gasteiger partial charge in [-0.05, 0) is 44.7 Å². The summed E-state index contributed by atoms with van der Waals surface area (Å²) in [5.74, 6) is -0.126. The quantitative estimate of drug-likeness (QED) is 0.799. The van der Waals surface area contributed by atoms with Crippen molar-refractivity contribution in [3.05, 3.63) is 35.4 Å². The number of nitrogens with zero attached hydrogens (tertiary/aromatic N) is 2. The molecule has 5 nitrogen and oxygen atoms in total. The molecule has 1 atom stereocenters. The molecule has 0 aromatic heterocycles. The summed E-state index contributed by atoms with van der Waals surface area (Å²) in [6, 6.07) is 8.14. The van der Waals surface area contributed by atoms with Crippen molar-refractivity contribution < 1.29 is 14.3 Å². The first-order chi connectivity index (χ1) is 10.8. The van der Waals surface area contributed by atoms with Crippen molar-refractivity contribution in [1.82, 2.24) is 9.80 Å². The third-order valence-electron chi connectivity index (χ3n) is 4.39. The number of fused-ring (bicyclic) bond motifs is 1. The second-order valence-corrected chi connectivity index (χ2v) is 7.26. The number of likely N-dealkylation sites (tertiary alicyclic amines) is 1. The van der Waals surface area contributed by atoms with E-state index in [1.54, 1.807) is 0 Å². The van der Waals surface area contributed by atoms with Gasteiger partial charge in [-0.1, -0.05) is 24.3 Å². The molecule has 1 aromatic rings. The highest BCUT2D eigenvalue weighted by molar-refractivity contribution is 5.96. The van der Waals surface area contributed by atoms with Crippen LogP contribution in [0.25, 0.3) is 0 Å². The summed E-state index contributed by atoms with van der Waals surface area (Å²) in [5, 5.41) is 0. The highest BCUT2D eigenvalue weighted by Crippen LogP contribution is 2.26. The molecule has 0 bridgehead atoms. The Morgan fingerprint density at radius 3 is 2.57 bits per heavy atom. The minimum absolute atomic E-state index is 0.126. The summed E-state index contributed by atoms with van der Waals surface area (Å²) in [7, 11) is 0. The Kier molecular flexibility index (Phi) is 4.15. The average molecular weight is 316 g/mol. The molecule has 2 amide bonds. The zero-order valence-corrected chi connectivity index (χ0v) is 14.0. The lowest BCUT2D eigenvalue weighted by Gasteiger charge is -2.32. The summed E-state index contributed by atoms with van der Waals surface area (Å²) in [5.41, 5.74) is 2.06. The van der Waals surface area contributed by atoms with Crippen LogP contribution in [0.1, 0.15) is 38.3 Å². The van der Waals surface area contributed by atoms with Gasteiger partial charge >= 0.3 is 6.09 Å². The Morgan fingerprint density at radius 2 is 1.87 bits per heavy atom. The van der Waals surface area contributed by atoms with Crippen LogP contribution in [0.15, 0.2) is 24.3 Å². The van der Waals surface area contributed by atoms with Gasteiger partial charge < -0.3 is 4.74 Å². The van der Waals surface area contributed by atoms with E-state index in [0.29, 0.717) is 13.0 Å². The molecule has 0 radical (unpaired) electrons. The molecular formula is C18H24N2O3. The van der Waals surface area contributed by atoms with Crippen LogP contribution in [0.5, 0.6) is 0 Å². The lowest BCUT2D eigenvalue weighted by molar-refractivity contribution is -0.131. The highest BCUT2D eigenvalue weighted by Gasteiger charge is 2.41. The van der Waals surface area contributed by atoms with Gasteiger partial charge in [-0.3, -0.25) is 9.69 Å². The van der Waals surface area contributed by atoms with Gasteiger partial charge in [0.05, 0.1) is 6.04 Å². The van der Waals surface area contributed by atoms with Gasteiger partial charge in [-0.2, -0.15) is 0 Å². The fourth-order valence-corrected chi connectivity index (χ4v) is 3.29. The third-order valence-corrected chi connectivity index (χ3v) is 4.39. The molecule has 23 heavy (non-hydrogen) atoms. The van der Waals surface area contributed by atoms with Crippen molar-refractivity contribution in [2.24, 2.45) is 0 Å². The number of hydrogen-bond acceptors (Lipinski definition) is 4. The Balaban J connectivity index is 1.67. The zero-order valence-electron chi connectivity index (χ0n) is 14.0. The van der Waals surface area contributed by atoms with Crippen LogP contribution in [-0.2, 0) is 22.5 Å². The standard InChI is InChI=1S/C18H24N2O3/c1-18(2,3)23-17(22)20-11-9-15(16(20)21)19-10-8-13-6-4-5-7-14(13)12-19/h4-7,15H,8-12H2,1-3H3. The van der Waals surface area contributed by atoms with Crippen molar-refractivity contribution >= 4 is 12.0 Å². The van der Waals surface area contributed by atoms with Gasteiger partial charge in [0.2, 0.25) is 5.91 Å². The van der Waals surface area contributed by atoms with E-state index in [1.807, 2.05) is 26.8 Å². The van der Waals surface area contributed by atoms with Crippen LogP contribution in [0.4, 0.5) is 4.79 Å². The molecule has 0 saturated carbocycles. The maximum atomic E-state index is 12.6. The molecule has 1 fully saturated rings. The Hall–Kier alpha value is -1.88. The lowest BCUT2D eigenvalue weighted by Crippen LogP contribution is -2.46. The number of benzene rings is 1. The fourth-order valence-electron chi connectivity index (χ4n) is 3.29. The Morgan fingerprint density at radius 1 is 1.17 bits per heavy atom. The van der Waals surface area contributed by atoms with Crippen LogP contribution >= 0.6 is 0 Å². The molecule has 2 aliphatic heterocycles. The first-order valence-corrected chi connectivity index (χ1v) is 8.20. The molecule has 2 heterocycles. The number of rotatable bonds is 1. The van der Waals surface area contributed by atoms with E-state index in [0.717, 1.165) is 19.5 Å². The smallest absolute Gasteiger partial charge is 0.417 e. The second kappa shape index (κ2) is 5.96. The Labute approximate surface area is 137 Å². The van der Waals surface area contributed by atoms with Crippen molar-refractivity contribution in [2.45, 2.75) is 51.8 Å². The van der Waals surface area contributed by atoms with Crippen molar-refractivity contribution in [3.8, 4) is 0 Å². The van der Waals surface area contributed by atoms with Crippen LogP contribution < -0.4 is 0 Å². The van der Waals surface area contributed by atoms with E-state index in [1.165, 1.54) is 16.0 Å². The molecule has 2 aliphatic rings. The SMILES string of the molecule is CC(C)(C)OC(=O)N1CCC(N2CCc3ccccc3C2)C1=O. The van der Waals surface area contributed by atoms with Gasteiger partial charge in [0.1, 0.15) is 5.60 Å². The molecule has 0 aliphatic carbocycles. The van der Waals surface area contributed by atoms with Gasteiger partial charge in [0.25, 0.3) is 0 Å². The largest absolute Gasteiger partial charge is 0.443 e. The topological polar surface area (TPSA) is 49.9 Å². The predicted octanol–water partition coefficient (Wildman–Crippen LogP) is 2.58.